The molecule has 1 fully saturated rings. The number of rotatable bonds is 3. The number of nitriles is 1. The Morgan fingerprint density at radius 1 is 1.03 bits per heavy atom. The van der Waals surface area contributed by atoms with Crippen LogP contribution in [0.25, 0.3) is 28.0 Å². The van der Waals surface area contributed by atoms with Crippen LogP contribution in [0.3, 0.4) is 0 Å². The zero-order chi connectivity index (χ0) is 22.9. The summed E-state index contributed by atoms with van der Waals surface area (Å²) in [5.41, 5.74) is 9.19. The van der Waals surface area contributed by atoms with Crippen molar-refractivity contribution in [2.75, 3.05) is 18.0 Å². The topological polar surface area (TPSA) is 87.9 Å². The number of hydrogen-bond donors (Lipinski definition) is 1. The van der Waals surface area contributed by atoms with Crippen molar-refractivity contribution in [3.05, 3.63) is 88.5 Å². The van der Waals surface area contributed by atoms with E-state index < -0.39 is 0 Å². The molecule has 164 valence electrons. The van der Waals surface area contributed by atoms with E-state index >= 15 is 0 Å². The standard InChI is InChI=1S/C26H22FN5O/c27-19-7-9-21(10-8-19)32-25(18-5-3-17(15-28)4-6-18)30-24-14-22(11-12-23(24)26(32)33)31-13-1-2-20(29)16-31/h3-12,14,20H,1-2,13,16,29H2/t20-/m0/s1. The Morgan fingerprint density at radius 3 is 2.45 bits per heavy atom. The Kier molecular flexibility index (Phi) is 5.37. The summed E-state index contributed by atoms with van der Waals surface area (Å²) in [5, 5.41) is 9.62. The van der Waals surface area contributed by atoms with E-state index in [0.717, 1.165) is 31.6 Å². The lowest BCUT2D eigenvalue weighted by Crippen LogP contribution is -2.42. The molecule has 0 radical (unpaired) electrons. The van der Waals surface area contributed by atoms with Gasteiger partial charge in [0.15, 0.2) is 0 Å². The highest BCUT2D eigenvalue weighted by Crippen LogP contribution is 2.26. The molecule has 5 rings (SSSR count). The maximum Gasteiger partial charge on any atom is 0.266 e. The summed E-state index contributed by atoms with van der Waals surface area (Å²) in [5.74, 6) is 0.0425. The number of piperidine rings is 1. The van der Waals surface area contributed by atoms with Crippen LogP contribution in [0, 0.1) is 17.1 Å². The van der Waals surface area contributed by atoms with Crippen LogP contribution in [-0.4, -0.2) is 28.7 Å². The van der Waals surface area contributed by atoms with Crippen molar-refractivity contribution in [2.45, 2.75) is 18.9 Å². The number of fused-ring (bicyclic) bond motifs is 1. The van der Waals surface area contributed by atoms with Crippen molar-refractivity contribution in [3.63, 3.8) is 0 Å². The molecule has 1 aromatic heterocycles. The molecule has 33 heavy (non-hydrogen) atoms. The quantitative estimate of drug-likeness (QED) is 0.522. The fourth-order valence-electron chi connectivity index (χ4n) is 4.33. The van der Waals surface area contributed by atoms with E-state index in [0.29, 0.717) is 33.5 Å². The normalized spacial score (nSPS) is 16.0. The van der Waals surface area contributed by atoms with Crippen LogP contribution < -0.4 is 16.2 Å². The first-order valence-electron chi connectivity index (χ1n) is 10.9. The zero-order valence-corrected chi connectivity index (χ0v) is 17.9. The van der Waals surface area contributed by atoms with Gasteiger partial charge in [-0.2, -0.15) is 5.26 Å². The van der Waals surface area contributed by atoms with Gasteiger partial charge in [0.2, 0.25) is 0 Å². The number of anilines is 1. The van der Waals surface area contributed by atoms with Crippen LogP contribution >= 0.6 is 0 Å². The fraction of sp³-hybridized carbons (Fsp3) is 0.192. The van der Waals surface area contributed by atoms with Crippen LogP contribution in [0.1, 0.15) is 18.4 Å². The van der Waals surface area contributed by atoms with Crippen molar-refractivity contribution in [1.29, 1.82) is 5.26 Å². The van der Waals surface area contributed by atoms with E-state index in [1.807, 2.05) is 12.1 Å². The van der Waals surface area contributed by atoms with Gasteiger partial charge in [-0.25, -0.2) is 9.37 Å². The largest absolute Gasteiger partial charge is 0.370 e. The molecule has 0 spiro atoms. The van der Waals surface area contributed by atoms with Gasteiger partial charge in [-0.05, 0) is 79.6 Å². The van der Waals surface area contributed by atoms with Crippen molar-refractivity contribution < 1.29 is 4.39 Å². The number of nitrogens with two attached hydrogens (primary N) is 1. The van der Waals surface area contributed by atoms with Gasteiger partial charge in [0, 0.05) is 30.4 Å². The Morgan fingerprint density at radius 2 is 1.76 bits per heavy atom. The summed E-state index contributed by atoms with van der Waals surface area (Å²) in [6, 6.07) is 20.5. The molecular formula is C26H22FN5O. The third-order valence-corrected chi connectivity index (χ3v) is 6.03. The van der Waals surface area contributed by atoms with Crippen molar-refractivity contribution in [1.82, 2.24) is 9.55 Å². The van der Waals surface area contributed by atoms with Gasteiger partial charge in [0.05, 0.1) is 28.2 Å². The molecule has 3 aromatic carbocycles. The molecule has 1 saturated heterocycles. The third-order valence-electron chi connectivity index (χ3n) is 6.03. The van der Waals surface area contributed by atoms with E-state index in [4.69, 9.17) is 16.0 Å². The summed E-state index contributed by atoms with van der Waals surface area (Å²) in [4.78, 5) is 20.7. The highest BCUT2D eigenvalue weighted by Gasteiger charge is 2.19. The van der Waals surface area contributed by atoms with Gasteiger partial charge in [-0.3, -0.25) is 9.36 Å². The number of nitrogens with zero attached hydrogens (tertiary/aromatic N) is 4. The van der Waals surface area contributed by atoms with Gasteiger partial charge in [-0.15, -0.1) is 0 Å². The van der Waals surface area contributed by atoms with E-state index in [1.165, 1.54) is 16.7 Å². The number of halogens is 1. The molecule has 6 nitrogen and oxygen atoms in total. The monoisotopic (exact) mass is 439 g/mol. The number of aromatic nitrogens is 2. The fourth-order valence-corrected chi connectivity index (χ4v) is 4.33. The second-order valence-corrected chi connectivity index (χ2v) is 8.29. The molecule has 0 saturated carbocycles. The summed E-state index contributed by atoms with van der Waals surface area (Å²) in [7, 11) is 0. The van der Waals surface area contributed by atoms with Crippen LogP contribution in [0.5, 0.6) is 0 Å². The van der Waals surface area contributed by atoms with Crippen molar-refractivity contribution in [3.8, 4) is 23.1 Å². The molecule has 1 aliphatic rings. The highest BCUT2D eigenvalue weighted by atomic mass is 19.1. The van der Waals surface area contributed by atoms with E-state index in [9.17, 15) is 9.18 Å². The number of hydrogen-bond acceptors (Lipinski definition) is 5. The molecule has 4 aromatic rings. The Bertz CT molecular complexity index is 1420. The molecule has 0 aliphatic carbocycles. The lowest BCUT2D eigenvalue weighted by Gasteiger charge is -2.32. The average Bonchev–Trinajstić information content (AvgIpc) is 2.84. The minimum atomic E-state index is -0.384. The van der Waals surface area contributed by atoms with E-state index in [1.54, 1.807) is 42.5 Å². The zero-order valence-electron chi connectivity index (χ0n) is 17.9. The maximum atomic E-state index is 13.6. The van der Waals surface area contributed by atoms with Crippen molar-refractivity contribution >= 4 is 16.6 Å². The maximum absolute atomic E-state index is 13.6. The minimum absolute atomic E-state index is 0.128. The first-order valence-corrected chi connectivity index (χ1v) is 10.9. The summed E-state index contributed by atoms with van der Waals surface area (Å²) < 4.78 is 15.1. The summed E-state index contributed by atoms with van der Waals surface area (Å²) in [6.45, 7) is 1.68. The SMILES string of the molecule is N#Cc1ccc(-c2nc3cc(N4CCC[C@H](N)C4)ccc3c(=O)n2-c2ccc(F)cc2)cc1. The van der Waals surface area contributed by atoms with Crippen LogP contribution in [0.15, 0.2) is 71.5 Å². The van der Waals surface area contributed by atoms with Crippen LogP contribution in [0.2, 0.25) is 0 Å². The molecular weight excluding hydrogens is 417 g/mol. The molecule has 7 heteroatoms. The van der Waals surface area contributed by atoms with Gasteiger partial charge in [0.25, 0.3) is 5.56 Å². The Labute approximate surface area is 190 Å². The summed E-state index contributed by atoms with van der Waals surface area (Å²) in [6.07, 6.45) is 2.03. The Balaban J connectivity index is 1.72. The van der Waals surface area contributed by atoms with E-state index in [-0.39, 0.29) is 17.4 Å². The van der Waals surface area contributed by atoms with Gasteiger partial charge in [-0.1, -0.05) is 0 Å². The van der Waals surface area contributed by atoms with Crippen LogP contribution in [-0.2, 0) is 0 Å². The molecule has 0 amide bonds. The highest BCUT2D eigenvalue weighted by molar-refractivity contribution is 5.84. The molecule has 2 N–H and O–H groups in total. The molecule has 0 bridgehead atoms. The summed E-state index contributed by atoms with van der Waals surface area (Å²) >= 11 is 0. The molecule has 2 heterocycles. The second kappa shape index (κ2) is 8.49. The first kappa shape index (κ1) is 20.9. The van der Waals surface area contributed by atoms with Crippen LogP contribution in [0.4, 0.5) is 10.1 Å². The Hall–Kier alpha value is -4.02. The van der Waals surface area contributed by atoms with Gasteiger partial charge in [0.1, 0.15) is 11.6 Å². The second-order valence-electron chi connectivity index (χ2n) is 8.29. The van der Waals surface area contributed by atoms with Gasteiger partial charge < -0.3 is 10.6 Å². The average molecular weight is 439 g/mol. The predicted molar refractivity (Wildman–Crippen MR) is 127 cm³/mol. The lowest BCUT2D eigenvalue weighted by atomic mass is 10.1. The molecule has 1 atom stereocenters. The predicted octanol–water partition coefficient (Wildman–Crippen LogP) is 3.99. The lowest BCUT2D eigenvalue weighted by molar-refractivity contribution is 0.506. The van der Waals surface area contributed by atoms with Crippen molar-refractivity contribution in [2.24, 2.45) is 5.73 Å². The smallest absolute Gasteiger partial charge is 0.266 e. The molecule has 0 unspecified atom stereocenters. The first-order chi connectivity index (χ1) is 16.0. The number of benzene rings is 3. The third kappa shape index (κ3) is 3.97. The molecule has 1 aliphatic heterocycles. The van der Waals surface area contributed by atoms with Gasteiger partial charge >= 0.3 is 0 Å². The minimum Gasteiger partial charge on any atom is -0.370 e. The van der Waals surface area contributed by atoms with E-state index in [2.05, 4.69) is 11.0 Å².